The van der Waals surface area contributed by atoms with Crippen molar-refractivity contribution in [3.05, 3.63) is 68.8 Å². The molecule has 30 heavy (non-hydrogen) atoms. The summed E-state index contributed by atoms with van der Waals surface area (Å²) < 4.78 is 0. The molecule has 2 aromatic rings. The molecule has 0 aliphatic carbocycles. The zero-order valence-electron chi connectivity index (χ0n) is 16.2. The molecule has 0 radical (unpaired) electrons. The number of hydrogen-bond donors (Lipinski definition) is 2. The third-order valence-corrected chi connectivity index (χ3v) is 5.62. The van der Waals surface area contributed by atoms with Crippen molar-refractivity contribution in [3.8, 4) is 5.75 Å². The number of benzene rings is 2. The van der Waals surface area contributed by atoms with Gasteiger partial charge in [0.05, 0.1) is 16.4 Å². The number of aromatic hydroxyl groups is 1. The molecule has 1 fully saturated rings. The van der Waals surface area contributed by atoms with Gasteiger partial charge in [-0.1, -0.05) is 23.9 Å². The number of nitrogens with zero attached hydrogens (tertiary/aromatic N) is 3. The lowest BCUT2D eigenvalue weighted by Crippen LogP contribution is -2.26. The number of non-ortho nitro benzene ring substituents is 1. The van der Waals surface area contributed by atoms with Crippen molar-refractivity contribution < 1.29 is 19.6 Å². The maximum absolute atomic E-state index is 12.5. The number of carbonyl (C=O) groups excluding carboxylic acids is 2. The van der Waals surface area contributed by atoms with Crippen molar-refractivity contribution in [2.24, 2.45) is 10.2 Å². The molecule has 0 spiro atoms. The third kappa shape index (κ3) is 4.90. The molecule has 9 nitrogen and oxygen atoms in total. The van der Waals surface area contributed by atoms with E-state index in [4.69, 9.17) is 0 Å². The van der Waals surface area contributed by atoms with Crippen LogP contribution >= 0.6 is 11.8 Å². The number of rotatable bonds is 6. The van der Waals surface area contributed by atoms with Crippen LogP contribution in [-0.2, 0) is 4.79 Å². The number of amidine groups is 1. The minimum Gasteiger partial charge on any atom is -0.507 e. The monoisotopic (exact) mass is 426 g/mol. The molecule has 2 N–H and O–H groups in total. The Kier molecular flexibility index (Phi) is 6.26. The highest BCUT2D eigenvalue weighted by molar-refractivity contribution is 8.15. The number of carbonyl (C=O) groups is 2. The van der Waals surface area contributed by atoms with E-state index in [1.807, 2.05) is 19.9 Å². The number of phenols is 1. The Hall–Kier alpha value is -3.53. The summed E-state index contributed by atoms with van der Waals surface area (Å²) in [5.74, 6) is -0.675. The number of nitrogens with one attached hydrogen (secondary N) is 1. The number of thioether (sulfide) groups is 1. The summed E-state index contributed by atoms with van der Waals surface area (Å²) in [4.78, 5) is 34.9. The molecule has 1 amide bonds. The molecule has 3 rings (SSSR count). The largest absolute Gasteiger partial charge is 0.507 e. The summed E-state index contributed by atoms with van der Waals surface area (Å²) in [6.45, 7) is 3.88. The van der Waals surface area contributed by atoms with Crippen LogP contribution in [0.3, 0.4) is 0 Å². The predicted molar refractivity (Wildman–Crippen MR) is 114 cm³/mol. The van der Waals surface area contributed by atoms with Crippen molar-refractivity contribution >= 4 is 40.5 Å². The average Bonchev–Trinajstić information content (AvgIpc) is 3.04. The van der Waals surface area contributed by atoms with Crippen LogP contribution in [-0.4, -0.2) is 38.4 Å². The quantitative estimate of drug-likeness (QED) is 0.315. The van der Waals surface area contributed by atoms with Crippen LogP contribution in [0.1, 0.15) is 33.5 Å². The fourth-order valence-corrected chi connectivity index (χ4v) is 3.61. The summed E-state index contributed by atoms with van der Waals surface area (Å²) in [5, 5.41) is 30.3. The first-order valence-corrected chi connectivity index (χ1v) is 9.79. The van der Waals surface area contributed by atoms with Crippen LogP contribution in [0, 0.1) is 24.0 Å². The molecule has 0 aromatic heterocycles. The minimum atomic E-state index is -0.626. The van der Waals surface area contributed by atoms with E-state index >= 15 is 0 Å². The van der Waals surface area contributed by atoms with Crippen molar-refractivity contribution in [2.75, 3.05) is 0 Å². The van der Waals surface area contributed by atoms with E-state index in [9.17, 15) is 24.8 Å². The summed E-state index contributed by atoms with van der Waals surface area (Å²) in [6, 6.07) is 8.93. The summed E-state index contributed by atoms with van der Waals surface area (Å²) in [5.41, 5.74) is 2.56. The first kappa shape index (κ1) is 21.2. The number of aryl methyl sites for hydroxylation is 2. The van der Waals surface area contributed by atoms with Gasteiger partial charge in [-0.05, 0) is 37.1 Å². The SMILES string of the molecule is Cc1ccc(C(=O)CC2S/C(=N\N=C\c3cc([N+](=O)[O-])ccc3O)NC2=O)cc1C. The number of hydrogen-bond acceptors (Lipinski definition) is 8. The Labute approximate surface area is 176 Å². The van der Waals surface area contributed by atoms with Gasteiger partial charge in [-0.2, -0.15) is 5.10 Å². The molecule has 1 heterocycles. The zero-order valence-corrected chi connectivity index (χ0v) is 17.0. The Bertz CT molecular complexity index is 1100. The molecule has 1 saturated heterocycles. The van der Waals surface area contributed by atoms with Crippen LogP contribution < -0.4 is 5.32 Å². The van der Waals surface area contributed by atoms with Gasteiger partial charge >= 0.3 is 0 Å². The number of Topliss-reactive ketones (excluding diaryl/α,β-unsaturated/α-hetero) is 1. The third-order valence-electron chi connectivity index (χ3n) is 4.54. The zero-order chi connectivity index (χ0) is 21.8. The second kappa shape index (κ2) is 8.87. The number of nitro groups is 1. The van der Waals surface area contributed by atoms with Gasteiger partial charge in [0.25, 0.3) is 5.69 Å². The molecule has 0 bridgehead atoms. The van der Waals surface area contributed by atoms with Crippen LogP contribution in [0.25, 0.3) is 0 Å². The fourth-order valence-electron chi connectivity index (χ4n) is 2.69. The first-order valence-electron chi connectivity index (χ1n) is 8.91. The smallest absolute Gasteiger partial charge is 0.270 e. The Morgan fingerprint density at radius 1 is 1.27 bits per heavy atom. The molecule has 1 aliphatic rings. The van der Waals surface area contributed by atoms with Crippen LogP contribution in [0.5, 0.6) is 5.75 Å². The number of phenolic OH excluding ortho intramolecular Hbond substituents is 1. The van der Waals surface area contributed by atoms with Crippen molar-refractivity contribution in [3.63, 3.8) is 0 Å². The number of amides is 1. The van der Waals surface area contributed by atoms with E-state index in [0.29, 0.717) is 5.56 Å². The molecule has 1 unspecified atom stereocenters. The molecule has 0 saturated carbocycles. The maximum Gasteiger partial charge on any atom is 0.270 e. The highest BCUT2D eigenvalue weighted by Gasteiger charge is 2.32. The van der Waals surface area contributed by atoms with E-state index in [-0.39, 0.29) is 40.3 Å². The molecule has 154 valence electrons. The van der Waals surface area contributed by atoms with Crippen LogP contribution in [0.4, 0.5) is 5.69 Å². The van der Waals surface area contributed by atoms with Gasteiger partial charge in [0, 0.05) is 29.7 Å². The summed E-state index contributed by atoms with van der Waals surface area (Å²) >= 11 is 1.08. The van der Waals surface area contributed by atoms with Gasteiger partial charge in [-0.25, -0.2) is 0 Å². The molecule has 2 aromatic carbocycles. The lowest BCUT2D eigenvalue weighted by atomic mass is 10.0. The Morgan fingerprint density at radius 3 is 2.73 bits per heavy atom. The maximum atomic E-state index is 12.5. The molecular formula is C20H18N4O5S. The molecule has 10 heteroatoms. The molecular weight excluding hydrogens is 408 g/mol. The fraction of sp³-hybridized carbons (Fsp3) is 0.200. The average molecular weight is 426 g/mol. The van der Waals surface area contributed by atoms with E-state index in [2.05, 4.69) is 15.5 Å². The second-order valence-electron chi connectivity index (χ2n) is 6.67. The van der Waals surface area contributed by atoms with Crippen LogP contribution in [0.2, 0.25) is 0 Å². The second-order valence-corrected chi connectivity index (χ2v) is 7.86. The lowest BCUT2D eigenvalue weighted by molar-refractivity contribution is -0.384. The highest BCUT2D eigenvalue weighted by atomic mass is 32.2. The first-order chi connectivity index (χ1) is 14.2. The molecule has 1 atom stereocenters. The van der Waals surface area contributed by atoms with E-state index in [1.54, 1.807) is 12.1 Å². The topological polar surface area (TPSA) is 134 Å². The van der Waals surface area contributed by atoms with Gasteiger partial charge in [0.1, 0.15) is 5.75 Å². The van der Waals surface area contributed by atoms with Gasteiger partial charge < -0.3 is 10.4 Å². The van der Waals surface area contributed by atoms with E-state index < -0.39 is 10.2 Å². The minimum absolute atomic E-state index is 0.0212. The van der Waals surface area contributed by atoms with E-state index in [0.717, 1.165) is 35.2 Å². The summed E-state index contributed by atoms with van der Waals surface area (Å²) in [7, 11) is 0. The highest BCUT2D eigenvalue weighted by Crippen LogP contribution is 2.25. The van der Waals surface area contributed by atoms with Crippen molar-refractivity contribution in [2.45, 2.75) is 25.5 Å². The van der Waals surface area contributed by atoms with Gasteiger partial charge in [0.15, 0.2) is 11.0 Å². The van der Waals surface area contributed by atoms with Gasteiger partial charge in [0.2, 0.25) is 5.91 Å². The molecule has 1 aliphatic heterocycles. The van der Waals surface area contributed by atoms with Crippen molar-refractivity contribution in [1.29, 1.82) is 0 Å². The van der Waals surface area contributed by atoms with Gasteiger partial charge in [-0.3, -0.25) is 19.7 Å². The Balaban J connectivity index is 1.66. The van der Waals surface area contributed by atoms with Crippen molar-refractivity contribution in [1.82, 2.24) is 5.32 Å². The normalized spacial score (nSPS) is 17.5. The Morgan fingerprint density at radius 2 is 2.03 bits per heavy atom. The number of nitro benzene ring substituents is 1. The standard InChI is InChI=1S/C20H18N4O5S/c1-11-3-4-13(7-12(11)2)17(26)9-18-19(27)22-20(30-18)23-21-10-14-8-15(24(28)29)5-6-16(14)25/h3-8,10,18,25H,9H2,1-2H3,(H,22,23,27)/b21-10+. The van der Waals surface area contributed by atoms with Crippen LogP contribution in [0.15, 0.2) is 46.6 Å². The summed E-state index contributed by atoms with van der Waals surface area (Å²) in [6.07, 6.45) is 1.17. The van der Waals surface area contributed by atoms with E-state index in [1.165, 1.54) is 12.1 Å². The van der Waals surface area contributed by atoms with Gasteiger partial charge in [-0.15, -0.1) is 5.10 Å². The lowest BCUT2D eigenvalue weighted by Gasteiger charge is -2.06. The predicted octanol–water partition coefficient (Wildman–Crippen LogP) is 3.11. The number of ketones is 1.